The number of rotatable bonds is 2. The van der Waals surface area contributed by atoms with E-state index in [1.807, 2.05) is 12.1 Å². The minimum absolute atomic E-state index is 0.183. The van der Waals surface area contributed by atoms with Crippen molar-refractivity contribution >= 4 is 0 Å². The molecule has 0 aliphatic heterocycles. The molecule has 0 saturated heterocycles. The van der Waals surface area contributed by atoms with Crippen molar-refractivity contribution in [2.45, 2.75) is 6.92 Å². The topological polar surface area (TPSA) is 73.3 Å². The second kappa shape index (κ2) is 5.41. The van der Waals surface area contributed by atoms with Gasteiger partial charge in [-0.3, -0.25) is 4.79 Å². The molecule has 0 fully saturated rings. The average Bonchev–Trinajstić information content (AvgIpc) is 2.50. The molecular weight excluding hydrogens is 278 g/mol. The number of benzene rings is 2. The van der Waals surface area contributed by atoms with Crippen LogP contribution in [0.3, 0.4) is 0 Å². The van der Waals surface area contributed by atoms with Crippen molar-refractivity contribution in [1.29, 1.82) is 0 Å². The van der Waals surface area contributed by atoms with Crippen LogP contribution in [0.2, 0.25) is 0 Å². The summed E-state index contributed by atoms with van der Waals surface area (Å²) >= 11 is 0. The molecule has 2 aromatic carbocycles. The molecule has 3 aromatic rings. The highest BCUT2D eigenvalue weighted by molar-refractivity contribution is 5.71. The quantitative estimate of drug-likeness (QED) is 0.677. The minimum Gasteiger partial charge on any atom is -0.508 e. The van der Waals surface area contributed by atoms with Gasteiger partial charge >= 0.3 is 0 Å². The third kappa shape index (κ3) is 2.72. The summed E-state index contributed by atoms with van der Waals surface area (Å²) in [6.45, 7) is 1.81. The number of nitrogens with one attached hydrogen (secondary N) is 1. The monoisotopic (exact) mass is 293 g/mol. The molecule has 0 radical (unpaired) electrons. The third-order valence-corrected chi connectivity index (χ3v) is 3.55. The van der Waals surface area contributed by atoms with Gasteiger partial charge in [-0.25, -0.2) is 0 Å². The molecule has 0 unspecified atom stereocenters. The Bertz CT molecular complexity index is 880. The highest BCUT2D eigenvalue weighted by Crippen LogP contribution is 2.27. The number of H-pyrrole nitrogens is 1. The number of hydrogen-bond acceptors (Lipinski definition) is 3. The van der Waals surface area contributed by atoms with Gasteiger partial charge in [0, 0.05) is 11.8 Å². The molecule has 1 aromatic heterocycles. The number of pyridine rings is 1. The Labute approximate surface area is 127 Å². The van der Waals surface area contributed by atoms with E-state index in [4.69, 9.17) is 0 Å². The molecule has 0 aliphatic carbocycles. The van der Waals surface area contributed by atoms with E-state index in [0.29, 0.717) is 5.69 Å². The van der Waals surface area contributed by atoms with Crippen LogP contribution >= 0.6 is 0 Å². The number of hydrogen-bond donors (Lipinski definition) is 3. The molecule has 1 heterocycles. The van der Waals surface area contributed by atoms with E-state index in [1.54, 1.807) is 43.3 Å². The van der Waals surface area contributed by atoms with Crippen LogP contribution in [0.25, 0.3) is 22.4 Å². The lowest BCUT2D eigenvalue weighted by atomic mass is 10.0. The van der Waals surface area contributed by atoms with Crippen molar-refractivity contribution in [2.24, 2.45) is 0 Å². The van der Waals surface area contributed by atoms with Crippen LogP contribution < -0.4 is 5.56 Å². The minimum atomic E-state index is -0.202. The maximum atomic E-state index is 11.9. The fourth-order valence-corrected chi connectivity index (χ4v) is 2.34. The van der Waals surface area contributed by atoms with Gasteiger partial charge in [-0.2, -0.15) is 0 Å². The number of phenolic OH excluding ortho intramolecular Hbond substituents is 2. The van der Waals surface area contributed by atoms with Gasteiger partial charge in [0.05, 0.1) is 0 Å². The third-order valence-electron chi connectivity index (χ3n) is 3.55. The second-order valence-electron chi connectivity index (χ2n) is 5.20. The maximum absolute atomic E-state index is 11.9. The SMILES string of the molecule is Cc1cc(-c2cc(-c3ccc(O)cc3)cc(=O)[nH]2)ccc1O. The number of phenols is 2. The zero-order valence-corrected chi connectivity index (χ0v) is 12.0. The van der Waals surface area contributed by atoms with Gasteiger partial charge in [-0.15, -0.1) is 0 Å². The van der Waals surface area contributed by atoms with E-state index in [2.05, 4.69) is 4.98 Å². The Morgan fingerprint density at radius 2 is 1.50 bits per heavy atom. The standard InChI is InChI=1S/C18H15NO3/c1-11-8-13(4-7-17(11)21)16-9-14(10-18(22)19-16)12-2-5-15(20)6-3-12/h2-10,20-21H,1H3,(H,19,22). The van der Waals surface area contributed by atoms with Gasteiger partial charge in [0.25, 0.3) is 0 Å². The molecule has 0 bridgehead atoms. The van der Waals surface area contributed by atoms with Crippen LogP contribution in [0.15, 0.2) is 59.4 Å². The summed E-state index contributed by atoms with van der Waals surface area (Å²) in [5.41, 5.74) is 3.66. The first-order chi connectivity index (χ1) is 10.5. The van der Waals surface area contributed by atoms with Gasteiger partial charge in [0.1, 0.15) is 11.5 Å². The summed E-state index contributed by atoms with van der Waals surface area (Å²) in [6.07, 6.45) is 0. The Morgan fingerprint density at radius 1 is 0.818 bits per heavy atom. The maximum Gasteiger partial charge on any atom is 0.249 e. The molecule has 0 spiro atoms. The van der Waals surface area contributed by atoms with Crippen molar-refractivity contribution in [3.63, 3.8) is 0 Å². The predicted octanol–water partition coefficient (Wildman–Crippen LogP) is 3.43. The summed E-state index contributed by atoms with van der Waals surface area (Å²) in [5, 5.41) is 19.0. The smallest absolute Gasteiger partial charge is 0.249 e. The largest absolute Gasteiger partial charge is 0.508 e. The lowest BCUT2D eigenvalue weighted by Gasteiger charge is -2.07. The fourth-order valence-electron chi connectivity index (χ4n) is 2.34. The van der Waals surface area contributed by atoms with Crippen LogP contribution in [-0.4, -0.2) is 15.2 Å². The Kier molecular flexibility index (Phi) is 3.43. The number of aromatic amines is 1. The van der Waals surface area contributed by atoms with Crippen molar-refractivity contribution in [2.75, 3.05) is 0 Å². The van der Waals surface area contributed by atoms with E-state index in [0.717, 1.165) is 22.3 Å². The van der Waals surface area contributed by atoms with Gasteiger partial charge in [-0.05, 0) is 65.6 Å². The first kappa shape index (κ1) is 13.9. The predicted molar refractivity (Wildman–Crippen MR) is 86.0 cm³/mol. The van der Waals surface area contributed by atoms with E-state index >= 15 is 0 Å². The van der Waals surface area contributed by atoms with Crippen LogP contribution in [-0.2, 0) is 0 Å². The van der Waals surface area contributed by atoms with Crippen molar-refractivity contribution < 1.29 is 10.2 Å². The highest BCUT2D eigenvalue weighted by Gasteiger charge is 2.06. The molecule has 0 saturated carbocycles. The molecule has 0 atom stereocenters. The molecule has 4 heteroatoms. The van der Waals surface area contributed by atoms with Gasteiger partial charge in [0.15, 0.2) is 0 Å². The molecule has 0 aliphatic rings. The van der Waals surface area contributed by atoms with Gasteiger partial charge in [0.2, 0.25) is 5.56 Å². The first-order valence-electron chi connectivity index (χ1n) is 6.87. The molecular formula is C18H15NO3. The van der Waals surface area contributed by atoms with Crippen LogP contribution in [0.1, 0.15) is 5.56 Å². The first-order valence-corrected chi connectivity index (χ1v) is 6.87. The van der Waals surface area contributed by atoms with Crippen molar-refractivity contribution in [3.8, 4) is 33.9 Å². The van der Waals surface area contributed by atoms with Gasteiger partial charge in [-0.1, -0.05) is 12.1 Å². The molecule has 22 heavy (non-hydrogen) atoms. The zero-order valence-electron chi connectivity index (χ0n) is 12.0. The molecule has 110 valence electrons. The highest BCUT2D eigenvalue weighted by atomic mass is 16.3. The Hall–Kier alpha value is -3.01. The average molecular weight is 293 g/mol. The van der Waals surface area contributed by atoms with Crippen LogP contribution in [0.4, 0.5) is 0 Å². The van der Waals surface area contributed by atoms with Crippen molar-refractivity contribution in [3.05, 3.63) is 70.5 Å². The number of aryl methyl sites for hydroxylation is 1. The lowest BCUT2D eigenvalue weighted by molar-refractivity contribution is 0.471. The molecule has 3 rings (SSSR count). The van der Waals surface area contributed by atoms with E-state index in [9.17, 15) is 15.0 Å². The number of aromatic nitrogens is 1. The fraction of sp³-hybridized carbons (Fsp3) is 0.0556. The van der Waals surface area contributed by atoms with E-state index in [-0.39, 0.29) is 17.1 Å². The van der Waals surface area contributed by atoms with E-state index < -0.39 is 0 Å². The summed E-state index contributed by atoms with van der Waals surface area (Å²) in [5.74, 6) is 0.406. The Morgan fingerprint density at radius 3 is 2.18 bits per heavy atom. The van der Waals surface area contributed by atoms with Crippen LogP contribution in [0, 0.1) is 6.92 Å². The Balaban J connectivity index is 2.12. The normalized spacial score (nSPS) is 10.6. The number of aromatic hydroxyl groups is 2. The summed E-state index contributed by atoms with van der Waals surface area (Å²) < 4.78 is 0. The lowest BCUT2D eigenvalue weighted by Crippen LogP contribution is -2.05. The molecule has 3 N–H and O–H groups in total. The van der Waals surface area contributed by atoms with Crippen LogP contribution in [0.5, 0.6) is 11.5 Å². The zero-order chi connectivity index (χ0) is 15.7. The molecule has 4 nitrogen and oxygen atoms in total. The summed E-state index contributed by atoms with van der Waals surface area (Å²) in [6, 6.07) is 15.3. The van der Waals surface area contributed by atoms with Gasteiger partial charge < -0.3 is 15.2 Å². The second-order valence-corrected chi connectivity index (χ2v) is 5.20. The summed E-state index contributed by atoms with van der Waals surface area (Å²) in [7, 11) is 0. The molecule has 0 amide bonds. The van der Waals surface area contributed by atoms with E-state index in [1.165, 1.54) is 6.07 Å². The summed E-state index contributed by atoms with van der Waals surface area (Å²) in [4.78, 5) is 14.7. The van der Waals surface area contributed by atoms with Crippen molar-refractivity contribution in [1.82, 2.24) is 4.98 Å².